The lowest BCUT2D eigenvalue weighted by atomic mass is 10.3. The van der Waals surface area contributed by atoms with Gasteiger partial charge in [-0.25, -0.2) is 0 Å². The largest absolute Gasteiger partial charge is 0.497 e. The summed E-state index contributed by atoms with van der Waals surface area (Å²) in [7, 11) is 1.66. The van der Waals surface area contributed by atoms with Gasteiger partial charge in [0, 0.05) is 16.6 Å². The summed E-state index contributed by atoms with van der Waals surface area (Å²) < 4.78 is 5.15. The van der Waals surface area contributed by atoms with Crippen molar-refractivity contribution in [1.82, 2.24) is 0 Å². The summed E-state index contributed by atoms with van der Waals surface area (Å²) in [5.74, 6) is 0.867. The van der Waals surface area contributed by atoms with E-state index >= 15 is 0 Å². The molecule has 3 heteroatoms. The van der Waals surface area contributed by atoms with Crippen molar-refractivity contribution in [3.63, 3.8) is 0 Å². The summed E-state index contributed by atoms with van der Waals surface area (Å²) in [5, 5.41) is 9.04. The van der Waals surface area contributed by atoms with E-state index in [-0.39, 0.29) is 0 Å². The second-order valence-electron chi connectivity index (χ2n) is 3.19. The third-order valence-electron chi connectivity index (χ3n) is 2.12. The first-order valence-corrected chi connectivity index (χ1v) is 5.85. The van der Waals surface area contributed by atoms with E-state index in [4.69, 9.17) is 10.00 Å². The predicted molar refractivity (Wildman–Crippen MR) is 63.2 cm³/mol. The van der Waals surface area contributed by atoms with Crippen LogP contribution >= 0.6 is 11.8 Å². The van der Waals surface area contributed by atoms with Gasteiger partial charge in [-0.1, -0.05) is 13.0 Å². The molecule has 0 aliphatic carbocycles. The van der Waals surface area contributed by atoms with Gasteiger partial charge in [-0.05, 0) is 24.6 Å². The Balaban J connectivity index is 2.66. The molecule has 0 N–H and O–H groups in total. The Kier molecular flexibility index (Phi) is 5.06. The van der Waals surface area contributed by atoms with Crippen molar-refractivity contribution in [2.75, 3.05) is 7.11 Å². The number of nitrogens with zero attached hydrogens (tertiary/aromatic N) is 1. The average molecular weight is 221 g/mol. The first-order valence-electron chi connectivity index (χ1n) is 4.97. The van der Waals surface area contributed by atoms with Crippen LogP contribution in [0, 0.1) is 11.3 Å². The standard InChI is InChI=1S/C12H15NOS/c1-3-11(7-8-13)15-12-6-4-5-10(9-12)14-2/h4-6,9,11H,3,7H2,1-2H3. The first-order chi connectivity index (χ1) is 7.30. The Bertz CT molecular complexity index is 346. The molecular weight excluding hydrogens is 206 g/mol. The zero-order chi connectivity index (χ0) is 11.1. The molecule has 80 valence electrons. The van der Waals surface area contributed by atoms with Gasteiger partial charge in [0.2, 0.25) is 0 Å². The van der Waals surface area contributed by atoms with Crippen LogP contribution < -0.4 is 4.74 Å². The van der Waals surface area contributed by atoms with Gasteiger partial charge in [-0.3, -0.25) is 0 Å². The second kappa shape index (κ2) is 6.36. The zero-order valence-electron chi connectivity index (χ0n) is 9.06. The Morgan fingerprint density at radius 2 is 2.33 bits per heavy atom. The maximum absolute atomic E-state index is 8.66. The fourth-order valence-electron chi connectivity index (χ4n) is 1.24. The zero-order valence-corrected chi connectivity index (χ0v) is 9.88. The fourth-order valence-corrected chi connectivity index (χ4v) is 2.29. The van der Waals surface area contributed by atoms with E-state index in [1.54, 1.807) is 18.9 Å². The van der Waals surface area contributed by atoms with Crippen LogP contribution in [0.15, 0.2) is 29.2 Å². The Hall–Kier alpha value is -1.14. The molecule has 15 heavy (non-hydrogen) atoms. The highest BCUT2D eigenvalue weighted by atomic mass is 32.2. The van der Waals surface area contributed by atoms with Crippen LogP contribution in [0.1, 0.15) is 19.8 Å². The fraction of sp³-hybridized carbons (Fsp3) is 0.417. The van der Waals surface area contributed by atoms with Crippen LogP contribution in [0.2, 0.25) is 0 Å². The Morgan fingerprint density at radius 1 is 1.53 bits per heavy atom. The van der Waals surface area contributed by atoms with E-state index in [2.05, 4.69) is 13.0 Å². The molecule has 1 atom stereocenters. The molecule has 2 nitrogen and oxygen atoms in total. The summed E-state index contributed by atoms with van der Waals surface area (Å²) in [6.45, 7) is 2.11. The average Bonchev–Trinajstić information content (AvgIpc) is 2.29. The van der Waals surface area contributed by atoms with Crippen molar-refractivity contribution in [3.05, 3.63) is 24.3 Å². The van der Waals surface area contributed by atoms with Gasteiger partial charge in [0.1, 0.15) is 5.75 Å². The minimum Gasteiger partial charge on any atom is -0.497 e. The van der Waals surface area contributed by atoms with E-state index in [0.29, 0.717) is 11.7 Å². The Labute approximate surface area is 95.3 Å². The molecule has 0 fully saturated rings. The molecule has 0 radical (unpaired) electrons. The first kappa shape index (κ1) is 11.9. The van der Waals surface area contributed by atoms with E-state index in [0.717, 1.165) is 17.1 Å². The molecule has 0 amide bonds. The number of ether oxygens (including phenoxy) is 1. The number of rotatable bonds is 5. The van der Waals surface area contributed by atoms with E-state index in [9.17, 15) is 0 Å². The van der Waals surface area contributed by atoms with E-state index in [1.165, 1.54) is 0 Å². The van der Waals surface area contributed by atoms with Crippen molar-refractivity contribution < 1.29 is 4.74 Å². The van der Waals surface area contributed by atoms with Gasteiger partial charge in [-0.2, -0.15) is 5.26 Å². The van der Waals surface area contributed by atoms with Crippen LogP contribution in [-0.2, 0) is 0 Å². The molecule has 0 spiro atoms. The summed E-state index contributed by atoms with van der Waals surface area (Å²) in [4.78, 5) is 1.16. The minimum absolute atomic E-state index is 0.377. The lowest BCUT2D eigenvalue weighted by Gasteiger charge is -2.11. The molecular formula is C12H15NOS. The molecule has 1 aromatic rings. The van der Waals surface area contributed by atoms with E-state index < -0.39 is 0 Å². The molecule has 0 bridgehead atoms. The topological polar surface area (TPSA) is 33.0 Å². The van der Waals surface area contributed by atoms with Crippen molar-refractivity contribution in [1.29, 1.82) is 5.26 Å². The summed E-state index contributed by atoms with van der Waals surface area (Å²) in [6, 6.07) is 10.2. The molecule has 0 heterocycles. The van der Waals surface area contributed by atoms with Crippen molar-refractivity contribution in [3.8, 4) is 11.8 Å². The monoisotopic (exact) mass is 221 g/mol. The highest BCUT2D eigenvalue weighted by Crippen LogP contribution is 2.29. The molecule has 0 saturated heterocycles. The Morgan fingerprint density at radius 3 is 2.93 bits per heavy atom. The van der Waals surface area contributed by atoms with Crippen molar-refractivity contribution in [2.45, 2.75) is 29.9 Å². The number of benzene rings is 1. The second-order valence-corrected chi connectivity index (χ2v) is 4.56. The highest BCUT2D eigenvalue weighted by molar-refractivity contribution is 8.00. The number of hydrogen-bond donors (Lipinski definition) is 0. The smallest absolute Gasteiger partial charge is 0.119 e. The third kappa shape index (κ3) is 3.85. The lowest BCUT2D eigenvalue weighted by Crippen LogP contribution is -1.98. The van der Waals surface area contributed by atoms with E-state index in [1.807, 2.05) is 24.3 Å². The molecule has 1 aromatic carbocycles. The third-order valence-corrected chi connectivity index (χ3v) is 3.48. The number of methoxy groups -OCH3 is 1. The maximum Gasteiger partial charge on any atom is 0.119 e. The van der Waals surface area contributed by atoms with Crippen molar-refractivity contribution in [2.24, 2.45) is 0 Å². The predicted octanol–water partition coefficient (Wildman–Crippen LogP) is 3.48. The van der Waals surface area contributed by atoms with Crippen LogP contribution in [-0.4, -0.2) is 12.4 Å². The van der Waals surface area contributed by atoms with Crippen LogP contribution in [0.3, 0.4) is 0 Å². The van der Waals surface area contributed by atoms with Gasteiger partial charge in [0.25, 0.3) is 0 Å². The quantitative estimate of drug-likeness (QED) is 0.714. The van der Waals surface area contributed by atoms with Gasteiger partial charge >= 0.3 is 0 Å². The highest BCUT2D eigenvalue weighted by Gasteiger charge is 2.07. The molecule has 1 rings (SSSR count). The van der Waals surface area contributed by atoms with Crippen molar-refractivity contribution >= 4 is 11.8 Å². The summed E-state index contributed by atoms with van der Waals surface area (Å²) in [5.41, 5.74) is 0. The van der Waals surface area contributed by atoms with Crippen LogP contribution in [0.5, 0.6) is 5.75 Å². The lowest BCUT2D eigenvalue weighted by molar-refractivity contribution is 0.413. The van der Waals surface area contributed by atoms with Gasteiger partial charge < -0.3 is 4.74 Å². The molecule has 0 saturated carbocycles. The minimum atomic E-state index is 0.377. The maximum atomic E-state index is 8.66. The van der Waals surface area contributed by atoms with Gasteiger partial charge in [0.15, 0.2) is 0 Å². The normalized spacial score (nSPS) is 11.8. The number of thioether (sulfide) groups is 1. The molecule has 1 unspecified atom stereocenters. The van der Waals surface area contributed by atoms with Crippen LogP contribution in [0.25, 0.3) is 0 Å². The van der Waals surface area contributed by atoms with Gasteiger partial charge in [0.05, 0.1) is 13.2 Å². The molecule has 0 aliphatic rings. The molecule has 0 aromatic heterocycles. The van der Waals surface area contributed by atoms with Crippen LogP contribution in [0.4, 0.5) is 0 Å². The summed E-state index contributed by atoms with van der Waals surface area (Å²) in [6.07, 6.45) is 1.60. The number of nitriles is 1. The molecule has 0 aliphatic heterocycles. The van der Waals surface area contributed by atoms with Gasteiger partial charge in [-0.15, -0.1) is 11.8 Å². The SMILES string of the molecule is CCC(CC#N)Sc1cccc(OC)c1. The summed E-state index contributed by atoms with van der Waals surface area (Å²) >= 11 is 1.74. The number of hydrogen-bond acceptors (Lipinski definition) is 3.